The monoisotopic (exact) mass is 383 g/mol. The van der Waals surface area contributed by atoms with Crippen LogP contribution in [-0.4, -0.2) is 47.6 Å². The van der Waals surface area contributed by atoms with Crippen LogP contribution in [0.4, 0.5) is 0 Å². The van der Waals surface area contributed by atoms with Crippen molar-refractivity contribution in [2.75, 3.05) is 19.7 Å². The lowest BCUT2D eigenvalue weighted by atomic mass is 9.87. The van der Waals surface area contributed by atoms with Gasteiger partial charge in [0.1, 0.15) is 0 Å². The number of para-hydroxylation sites is 1. The number of nitrogens with one attached hydrogen (secondary N) is 1. The van der Waals surface area contributed by atoms with Crippen LogP contribution in [0.25, 0.3) is 10.9 Å². The molecule has 2 saturated heterocycles. The van der Waals surface area contributed by atoms with E-state index < -0.39 is 0 Å². The minimum absolute atomic E-state index is 0.104. The number of aromatic nitrogens is 1. The topological polar surface area (TPSA) is 88.4 Å². The van der Waals surface area contributed by atoms with Gasteiger partial charge in [-0.05, 0) is 49.6 Å². The second-order valence-corrected chi connectivity index (χ2v) is 8.15. The fourth-order valence-corrected chi connectivity index (χ4v) is 4.50. The first kappa shape index (κ1) is 19.2. The lowest BCUT2D eigenvalue weighted by molar-refractivity contribution is -0.135. The molecule has 2 fully saturated rings. The number of piperidine rings is 1. The summed E-state index contributed by atoms with van der Waals surface area (Å²) in [4.78, 5) is 29.9. The van der Waals surface area contributed by atoms with E-state index in [2.05, 4.69) is 4.98 Å². The Bertz CT molecular complexity index is 894. The number of rotatable bonds is 4. The molecule has 0 saturated carbocycles. The Balaban J connectivity index is 1.37. The van der Waals surface area contributed by atoms with E-state index in [0.29, 0.717) is 24.3 Å². The fourth-order valence-electron chi connectivity index (χ4n) is 4.50. The number of amides is 1. The Morgan fingerprint density at radius 1 is 1.29 bits per heavy atom. The van der Waals surface area contributed by atoms with E-state index in [-0.39, 0.29) is 23.6 Å². The minimum atomic E-state index is -0.104. The van der Waals surface area contributed by atoms with Gasteiger partial charge in [0.25, 0.3) is 5.56 Å². The van der Waals surface area contributed by atoms with E-state index >= 15 is 0 Å². The molecule has 3 heterocycles. The Hall–Kier alpha value is -2.18. The van der Waals surface area contributed by atoms with E-state index in [1.54, 1.807) is 0 Å². The third kappa shape index (κ3) is 4.28. The van der Waals surface area contributed by atoms with Crippen LogP contribution < -0.4 is 11.3 Å². The highest BCUT2D eigenvalue weighted by molar-refractivity contribution is 5.79. The van der Waals surface area contributed by atoms with Crippen molar-refractivity contribution < 1.29 is 9.53 Å². The molecule has 6 heteroatoms. The predicted molar refractivity (Wildman–Crippen MR) is 109 cm³/mol. The van der Waals surface area contributed by atoms with Gasteiger partial charge in [-0.3, -0.25) is 9.59 Å². The third-order valence-electron chi connectivity index (χ3n) is 6.13. The second-order valence-electron chi connectivity index (χ2n) is 8.15. The quantitative estimate of drug-likeness (QED) is 0.847. The van der Waals surface area contributed by atoms with Gasteiger partial charge in [0.2, 0.25) is 5.91 Å². The number of H-pyrrole nitrogens is 1. The number of ether oxygens (including phenoxy) is 1. The van der Waals surface area contributed by atoms with Gasteiger partial charge < -0.3 is 20.4 Å². The number of likely N-dealkylation sites (tertiary alicyclic amines) is 1. The van der Waals surface area contributed by atoms with Crippen molar-refractivity contribution in [3.8, 4) is 0 Å². The number of aromatic amines is 1. The molecule has 0 radical (unpaired) electrons. The van der Waals surface area contributed by atoms with Crippen molar-refractivity contribution >= 4 is 16.8 Å². The minimum Gasteiger partial charge on any atom is -0.378 e. The highest BCUT2D eigenvalue weighted by Gasteiger charge is 2.32. The maximum Gasteiger partial charge on any atom is 0.251 e. The van der Waals surface area contributed by atoms with Crippen LogP contribution in [0.2, 0.25) is 0 Å². The molecule has 2 aromatic rings. The Kier molecular flexibility index (Phi) is 5.78. The van der Waals surface area contributed by atoms with Gasteiger partial charge in [-0.1, -0.05) is 18.2 Å². The number of nitrogens with zero attached hydrogens (tertiary/aromatic N) is 1. The third-order valence-corrected chi connectivity index (χ3v) is 6.13. The lowest BCUT2D eigenvalue weighted by Crippen LogP contribution is -2.47. The maximum absolute atomic E-state index is 12.8. The Morgan fingerprint density at radius 3 is 3.00 bits per heavy atom. The van der Waals surface area contributed by atoms with Crippen molar-refractivity contribution in [2.45, 2.75) is 50.7 Å². The van der Waals surface area contributed by atoms with E-state index in [0.717, 1.165) is 56.3 Å². The largest absolute Gasteiger partial charge is 0.378 e. The first-order valence-corrected chi connectivity index (χ1v) is 10.4. The van der Waals surface area contributed by atoms with Crippen LogP contribution in [0.3, 0.4) is 0 Å². The SMILES string of the molecule is NC1CCOC(C2CCCN(C(=O)CCc3cc4ccccc4[nH]c3=O)C2)C1. The zero-order valence-electron chi connectivity index (χ0n) is 16.2. The van der Waals surface area contributed by atoms with Gasteiger partial charge >= 0.3 is 0 Å². The van der Waals surface area contributed by atoms with E-state index in [1.165, 1.54) is 0 Å². The molecule has 3 N–H and O–H groups in total. The first-order valence-electron chi connectivity index (χ1n) is 10.4. The maximum atomic E-state index is 12.8. The summed E-state index contributed by atoms with van der Waals surface area (Å²) < 4.78 is 5.94. The summed E-state index contributed by atoms with van der Waals surface area (Å²) in [5.74, 6) is 0.491. The summed E-state index contributed by atoms with van der Waals surface area (Å²) in [5, 5.41) is 0.994. The van der Waals surface area contributed by atoms with Crippen LogP contribution in [-0.2, 0) is 16.0 Å². The number of carbonyl (C=O) groups excluding carboxylic acids is 1. The predicted octanol–water partition coefficient (Wildman–Crippen LogP) is 2.21. The molecule has 0 spiro atoms. The van der Waals surface area contributed by atoms with E-state index in [9.17, 15) is 9.59 Å². The van der Waals surface area contributed by atoms with Crippen molar-refractivity contribution in [3.05, 3.63) is 46.2 Å². The molecule has 1 aromatic heterocycles. The van der Waals surface area contributed by atoms with Crippen molar-refractivity contribution in [1.82, 2.24) is 9.88 Å². The van der Waals surface area contributed by atoms with Crippen LogP contribution in [0.1, 0.15) is 37.7 Å². The summed E-state index contributed by atoms with van der Waals surface area (Å²) in [7, 11) is 0. The molecule has 2 aliphatic rings. The summed E-state index contributed by atoms with van der Waals surface area (Å²) in [6.45, 7) is 2.26. The molecule has 6 nitrogen and oxygen atoms in total. The smallest absolute Gasteiger partial charge is 0.251 e. The highest BCUT2D eigenvalue weighted by atomic mass is 16.5. The summed E-state index contributed by atoms with van der Waals surface area (Å²) in [6.07, 6.45) is 4.89. The molecule has 2 aliphatic heterocycles. The molecule has 3 atom stereocenters. The van der Waals surface area contributed by atoms with Gasteiger partial charge in [-0.15, -0.1) is 0 Å². The summed E-state index contributed by atoms with van der Waals surface area (Å²) >= 11 is 0. The molecule has 0 aliphatic carbocycles. The molecule has 1 aromatic carbocycles. The summed E-state index contributed by atoms with van der Waals surface area (Å²) in [5.41, 5.74) is 7.49. The van der Waals surface area contributed by atoms with Gasteiger partial charge in [0, 0.05) is 49.2 Å². The number of hydrogen-bond acceptors (Lipinski definition) is 4. The molecular formula is C22H29N3O3. The number of benzene rings is 1. The molecule has 3 unspecified atom stereocenters. The molecule has 4 rings (SSSR count). The number of nitrogens with two attached hydrogens (primary N) is 1. The van der Waals surface area contributed by atoms with Crippen molar-refractivity contribution in [3.63, 3.8) is 0 Å². The van der Waals surface area contributed by atoms with Crippen LogP contribution in [0, 0.1) is 5.92 Å². The Morgan fingerprint density at radius 2 is 2.14 bits per heavy atom. The standard InChI is InChI=1S/C22H29N3O3/c23-18-9-11-28-20(13-18)17-5-3-10-25(14-17)21(26)8-7-16-12-15-4-1-2-6-19(15)24-22(16)27/h1-2,4,6,12,17-18,20H,3,5,7-11,13-14,23H2,(H,24,27). The van der Waals surface area contributed by atoms with Crippen molar-refractivity contribution in [2.24, 2.45) is 11.7 Å². The highest BCUT2D eigenvalue weighted by Crippen LogP contribution is 2.27. The first-order chi connectivity index (χ1) is 13.6. The molecule has 28 heavy (non-hydrogen) atoms. The van der Waals surface area contributed by atoms with Gasteiger partial charge in [0.05, 0.1) is 6.10 Å². The van der Waals surface area contributed by atoms with Gasteiger partial charge in [-0.2, -0.15) is 0 Å². The zero-order valence-corrected chi connectivity index (χ0v) is 16.2. The van der Waals surface area contributed by atoms with Gasteiger partial charge in [0.15, 0.2) is 0 Å². The fraction of sp³-hybridized carbons (Fsp3) is 0.545. The second kappa shape index (κ2) is 8.45. The normalized spacial score (nSPS) is 25.8. The molecular weight excluding hydrogens is 354 g/mol. The number of hydrogen-bond donors (Lipinski definition) is 2. The summed E-state index contributed by atoms with van der Waals surface area (Å²) in [6, 6.07) is 9.82. The van der Waals surface area contributed by atoms with E-state index in [1.807, 2.05) is 35.2 Å². The molecule has 1 amide bonds. The van der Waals surface area contributed by atoms with Gasteiger partial charge in [-0.25, -0.2) is 0 Å². The molecule has 150 valence electrons. The van der Waals surface area contributed by atoms with Crippen LogP contribution in [0.15, 0.2) is 35.1 Å². The number of aryl methyl sites for hydroxylation is 1. The zero-order chi connectivity index (χ0) is 19.5. The molecule has 0 bridgehead atoms. The Labute approximate surface area is 165 Å². The lowest BCUT2D eigenvalue weighted by Gasteiger charge is -2.39. The van der Waals surface area contributed by atoms with Crippen LogP contribution in [0.5, 0.6) is 0 Å². The number of carbonyl (C=O) groups is 1. The van der Waals surface area contributed by atoms with Crippen molar-refractivity contribution in [1.29, 1.82) is 0 Å². The van der Waals surface area contributed by atoms with E-state index in [4.69, 9.17) is 10.5 Å². The average Bonchev–Trinajstić information content (AvgIpc) is 2.72. The van der Waals surface area contributed by atoms with Crippen LogP contribution >= 0.6 is 0 Å². The average molecular weight is 383 g/mol. The number of fused-ring (bicyclic) bond motifs is 1. The number of pyridine rings is 1.